The number of hydrogen-bond donors (Lipinski definition) is 0. The Morgan fingerprint density at radius 2 is 1.90 bits per heavy atom. The number of benzene rings is 1. The second-order valence-electron chi connectivity index (χ2n) is 1.56. The van der Waals surface area contributed by atoms with Crippen LogP contribution in [0.5, 0.6) is 0 Å². The molecule has 0 aliphatic heterocycles. The van der Waals surface area contributed by atoms with Crippen molar-refractivity contribution in [3.05, 3.63) is 29.8 Å². The van der Waals surface area contributed by atoms with Crippen LogP contribution in [0, 0.1) is 11.3 Å². The van der Waals surface area contributed by atoms with Crippen LogP contribution in [-0.4, -0.2) is 0 Å². The van der Waals surface area contributed by atoms with Crippen molar-refractivity contribution >= 4 is 16.4 Å². The SMILES string of the molecule is Cl.N#Cc1cccc[c]1[Pd]. The first-order valence-corrected chi connectivity index (χ1v) is 3.24. The summed E-state index contributed by atoms with van der Waals surface area (Å²) >= 11 is 2.97. The number of nitriles is 1. The van der Waals surface area contributed by atoms with E-state index in [4.69, 9.17) is 5.26 Å². The van der Waals surface area contributed by atoms with E-state index in [0.29, 0.717) is 5.56 Å². The summed E-state index contributed by atoms with van der Waals surface area (Å²) in [7, 11) is 0. The number of rotatable bonds is 0. The third-order valence-electron chi connectivity index (χ3n) is 0.967. The summed E-state index contributed by atoms with van der Waals surface area (Å²) < 4.78 is 0.892. The van der Waals surface area contributed by atoms with E-state index in [0.717, 1.165) is 4.04 Å². The molecule has 0 bridgehead atoms. The molecule has 0 unspecified atom stereocenters. The van der Waals surface area contributed by atoms with E-state index in [9.17, 15) is 0 Å². The molecule has 1 aromatic carbocycles. The van der Waals surface area contributed by atoms with Crippen LogP contribution in [0.2, 0.25) is 0 Å². The van der Waals surface area contributed by atoms with Gasteiger partial charge in [0, 0.05) is 0 Å². The van der Waals surface area contributed by atoms with Crippen LogP contribution >= 0.6 is 12.4 Å². The first-order valence-electron chi connectivity index (χ1n) is 2.46. The van der Waals surface area contributed by atoms with E-state index >= 15 is 0 Å². The van der Waals surface area contributed by atoms with Gasteiger partial charge in [0.25, 0.3) is 0 Å². The third-order valence-corrected chi connectivity index (χ3v) is 1.65. The van der Waals surface area contributed by atoms with E-state index in [-0.39, 0.29) is 12.4 Å². The van der Waals surface area contributed by atoms with Gasteiger partial charge < -0.3 is 0 Å². The van der Waals surface area contributed by atoms with E-state index in [1.54, 1.807) is 6.07 Å². The number of nitrogens with zero attached hydrogens (tertiary/aromatic N) is 1. The van der Waals surface area contributed by atoms with Gasteiger partial charge in [0.15, 0.2) is 0 Å². The van der Waals surface area contributed by atoms with Gasteiger partial charge in [-0.25, -0.2) is 0 Å². The van der Waals surface area contributed by atoms with Gasteiger partial charge in [-0.1, -0.05) is 0 Å². The summed E-state index contributed by atoms with van der Waals surface area (Å²) in [5, 5.41) is 8.44. The fourth-order valence-electron chi connectivity index (χ4n) is 0.537. The molecule has 0 aliphatic carbocycles. The molecule has 10 heavy (non-hydrogen) atoms. The maximum atomic E-state index is 8.44. The Bertz CT molecular complexity index is 254. The summed E-state index contributed by atoms with van der Waals surface area (Å²) in [5.41, 5.74) is 0.695. The molecule has 0 fully saturated rings. The fraction of sp³-hybridized carbons (Fsp3) is 0. The van der Waals surface area contributed by atoms with Crippen molar-refractivity contribution < 1.29 is 19.2 Å². The van der Waals surface area contributed by atoms with Crippen molar-refractivity contribution in [2.24, 2.45) is 0 Å². The van der Waals surface area contributed by atoms with Crippen LogP contribution in [0.15, 0.2) is 24.3 Å². The number of halogens is 1. The molecule has 0 saturated carbocycles. The van der Waals surface area contributed by atoms with Gasteiger partial charge in [0.2, 0.25) is 0 Å². The molecule has 0 saturated heterocycles. The molecular formula is C7H5ClNPd. The molecule has 0 aliphatic rings. The van der Waals surface area contributed by atoms with E-state index < -0.39 is 0 Å². The predicted octanol–water partition coefficient (Wildman–Crippen LogP) is 1.15. The van der Waals surface area contributed by atoms with Crippen molar-refractivity contribution in [2.45, 2.75) is 0 Å². The van der Waals surface area contributed by atoms with Crippen LogP contribution in [0.4, 0.5) is 0 Å². The summed E-state index contributed by atoms with van der Waals surface area (Å²) in [4.78, 5) is 0. The quantitative estimate of drug-likeness (QED) is 0.629. The van der Waals surface area contributed by atoms with E-state index in [1.165, 1.54) is 0 Å². The second kappa shape index (κ2) is 4.47. The Morgan fingerprint density at radius 3 is 2.30 bits per heavy atom. The third kappa shape index (κ3) is 2.12. The Labute approximate surface area is 76.9 Å². The summed E-state index contributed by atoms with van der Waals surface area (Å²) in [6, 6.07) is 9.43. The zero-order valence-electron chi connectivity index (χ0n) is 4.98. The van der Waals surface area contributed by atoms with Crippen molar-refractivity contribution in [1.29, 1.82) is 5.26 Å². The molecule has 0 N–H and O–H groups in total. The molecule has 0 spiro atoms. The van der Waals surface area contributed by atoms with Crippen molar-refractivity contribution in [3.8, 4) is 6.07 Å². The first kappa shape index (κ1) is 9.66. The summed E-state index contributed by atoms with van der Waals surface area (Å²) in [5.74, 6) is 0. The first-order chi connectivity index (χ1) is 4.34. The van der Waals surface area contributed by atoms with Crippen molar-refractivity contribution in [2.75, 3.05) is 0 Å². The van der Waals surface area contributed by atoms with Gasteiger partial charge >= 0.3 is 64.4 Å². The van der Waals surface area contributed by atoms with E-state index in [1.807, 2.05) is 18.2 Å². The molecule has 0 aromatic heterocycles. The Hall–Kier alpha value is -0.338. The molecule has 3 heteroatoms. The van der Waals surface area contributed by atoms with Gasteiger partial charge in [0.1, 0.15) is 0 Å². The zero-order chi connectivity index (χ0) is 6.69. The summed E-state index contributed by atoms with van der Waals surface area (Å²) in [6.45, 7) is 0. The molecule has 1 nitrogen and oxygen atoms in total. The zero-order valence-corrected chi connectivity index (χ0v) is 7.35. The Balaban J connectivity index is 0.000000810. The van der Waals surface area contributed by atoms with E-state index in [2.05, 4.69) is 25.3 Å². The molecule has 55 valence electrons. The van der Waals surface area contributed by atoms with Gasteiger partial charge in [-0.2, -0.15) is 0 Å². The molecule has 1 aromatic rings. The van der Waals surface area contributed by atoms with Crippen molar-refractivity contribution in [3.63, 3.8) is 0 Å². The van der Waals surface area contributed by atoms with Crippen molar-refractivity contribution in [1.82, 2.24) is 0 Å². The topological polar surface area (TPSA) is 23.8 Å². The second-order valence-corrected chi connectivity index (χ2v) is 2.40. The monoisotopic (exact) mass is 244 g/mol. The Kier molecular flexibility index (Phi) is 4.32. The molecule has 0 heterocycles. The minimum atomic E-state index is 0. The molecule has 1 rings (SSSR count). The predicted molar refractivity (Wildman–Crippen MR) is 38.0 cm³/mol. The molecule has 0 radical (unpaired) electrons. The normalized spacial score (nSPS) is 7.70. The van der Waals surface area contributed by atoms with Crippen LogP contribution in [-0.2, 0) is 19.2 Å². The van der Waals surface area contributed by atoms with Gasteiger partial charge in [-0.3, -0.25) is 0 Å². The Morgan fingerprint density at radius 1 is 1.30 bits per heavy atom. The minimum absolute atomic E-state index is 0. The van der Waals surface area contributed by atoms with Crippen LogP contribution in [0.1, 0.15) is 5.56 Å². The maximum absolute atomic E-state index is 8.44. The average Bonchev–Trinajstić information content (AvgIpc) is 1.89. The number of hydrogen-bond acceptors (Lipinski definition) is 1. The van der Waals surface area contributed by atoms with Gasteiger partial charge in [-0.05, 0) is 0 Å². The van der Waals surface area contributed by atoms with Gasteiger partial charge in [-0.15, -0.1) is 12.4 Å². The van der Waals surface area contributed by atoms with Crippen LogP contribution < -0.4 is 4.04 Å². The molecular weight excluding hydrogens is 240 g/mol. The average molecular weight is 245 g/mol. The van der Waals surface area contributed by atoms with Crippen LogP contribution in [0.3, 0.4) is 0 Å². The van der Waals surface area contributed by atoms with Crippen LogP contribution in [0.25, 0.3) is 0 Å². The summed E-state index contributed by atoms with van der Waals surface area (Å²) in [6.07, 6.45) is 0. The molecule has 0 atom stereocenters. The standard InChI is InChI=1S/C7H4N.ClH.Pd/c8-6-7-4-2-1-3-5-7;;/h1-4H;1H;. The van der Waals surface area contributed by atoms with Gasteiger partial charge in [0.05, 0.1) is 0 Å². The fourth-order valence-corrected chi connectivity index (χ4v) is 0.903. The molecule has 0 amide bonds.